The minimum Gasteiger partial charge on any atom is -0.488 e. The lowest BCUT2D eigenvalue weighted by atomic mass is 9.85. The predicted octanol–water partition coefficient (Wildman–Crippen LogP) is 5.04. The van der Waals surface area contributed by atoms with Crippen molar-refractivity contribution in [2.45, 2.75) is 142 Å². The number of hydrogen-bond donors (Lipinski definition) is 6. The van der Waals surface area contributed by atoms with Crippen LogP contribution in [-0.4, -0.2) is 99.9 Å². The summed E-state index contributed by atoms with van der Waals surface area (Å²) in [6, 6.07) is 11.9. The molecule has 1 fully saturated rings. The highest BCUT2D eigenvalue weighted by Gasteiger charge is 2.46. The molecule has 0 saturated carbocycles. The topological polar surface area (TPSA) is 239 Å². The number of carbonyl (C=O) groups is 6. The average Bonchev–Trinajstić information content (AvgIpc) is 4.03. The Morgan fingerprint density at radius 3 is 2.37 bits per heavy atom. The van der Waals surface area contributed by atoms with Gasteiger partial charge in [-0.25, -0.2) is 9.37 Å². The zero-order valence-electron chi connectivity index (χ0n) is 41.1. The Labute approximate surface area is 424 Å². The van der Waals surface area contributed by atoms with Gasteiger partial charge in [-0.3, -0.25) is 33.7 Å². The SMILES string of the molecule is Cc1cc(CCCC(=O)N[C@H](C(=O)N2C[C@H](O)C[C@H]2C(=O)N[C@@H](C)c2ccc(-c3scnc3C)cc2)C(C)(C)C)c(F)c(OC[C@H](CCC(N)=O)NC(=O)[C@@H]2Cc3cccc4c3N2C(=O)[C@@H](N)CC4)c1.Cl. The first-order chi connectivity index (χ1) is 33.2. The molecule has 4 heterocycles. The number of hydrogen-bond acceptors (Lipinski definition) is 11. The normalized spacial score (nSPS) is 19.7. The lowest BCUT2D eigenvalue weighted by Crippen LogP contribution is -2.57. The smallest absolute Gasteiger partial charge is 0.246 e. The van der Waals surface area contributed by atoms with Gasteiger partial charge in [-0.1, -0.05) is 69.3 Å². The highest BCUT2D eigenvalue weighted by atomic mass is 35.5. The minimum atomic E-state index is -1.04. The molecule has 0 spiro atoms. The molecule has 19 heteroatoms. The van der Waals surface area contributed by atoms with Crippen LogP contribution in [0.1, 0.15) is 106 Å². The van der Waals surface area contributed by atoms with Gasteiger partial charge in [0, 0.05) is 32.2 Å². The summed E-state index contributed by atoms with van der Waals surface area (Å²) in [6.07, 6.45) is 0.783. The maximum absolute atomic E-state index is 16.1. The highest BCUT2D eigenvalue weighted by molar-refractivity contribution is 7.13. The van der Waals surface area contributed by atoms with Crippen molar-refractivity contribution in [2.24, 2.45) is 16.9 Å². The summed E-state index contributed by atoms with van der Waals surface area (Å²) in [5, 5.41) is 19.5. The molecular weight excluding hydrogens is 951 g/mol. The highest BCUT2D eigenvalue weighted by Crippen LogP contribution is 2.39. The third-order valence-corrected chi connectivity index (χ3v) is 14.4. The number of thiazole rings is 1. The Bertz CT molecular complexity index is 2620. The number of aryl methyl sites for hydroxylation is 4. The largest absolute Gasteiger partial charge is 0.488 e. The summed E-state index contributed by atoms with van der Waals surface area (Å²) in [7, 11) is 0. The first-order valence-corrected chi connectivity index (χ1v) is 24.9. The van der Waals surface area contributed by atoms with Crippen LogP contribution in [0.5, 0.6) is 5.75 Å². The number of anilines is 1. The number of aromatic nitrogens is 1. The molecule has 8 N–H and O–H groups in total. The molecule has 7 rings (SSSR count). The second kappa shape index (κ2) is 23.1. The second-order valence-corrected chi connectivity index (χ2v) is 20.8. The van der Waals surface area contributed by atoms with E-state index in [0.29, 0.717) is 29.7 Å². The molecule has 3 aliphatic heterocycles. The number of primary amides is 1. The summed E-state index contributed by atoms with van der Waals surface area (Å²) in [6.45, 7) is 10.7. The van der Waals surface area contributed by atoms with Gasteiger partial charge in [0.05, 0.1) is 46.0 Å². The van der Waals surface area contributed by atoms with Crippen LogP contribution in [0.3, 0.4) is 0 Å². The molecule has 1 saturated heterocycles. The third kappa shape index (κ3) is 12.8. The Kier molecular flexibility index (Phi) is 17.7. The Morgan fingerprint density at radius 1 is 0.986 bits per heavy atom. The molecule has 3 aromatic carbocycles. The van der Waals surface area contributed by atoms with Crippen LogP contribution in [-0.2, 0) is 48.0 Å². The number of nitrogens with zero attached hydrogens (tertiary/aromatic N) is 3. The number of carbonyl (C=O) groups excluding carboxylic acids is 6. The fourth-order valence-corrected chi connectivity index (χ4v) is 10.5. The number of aliphatic hydroxyl groups excluding tert-OH is 1. The van der Waals surface area contributed by atoms with E-state index in [0.717, 1.165) is 32.8 Å². The van der Waals surface area contributed by atoms with Crippen LogP contribution >= 0.6 is 23.7 Å². The minimum absolute atomic E-state index is 0. The van der Waals surface area contributed by atoms with Crippen molar-refractivity contribution in [3.63, 3.8) is 0 Å². The van der Waals surface area contributed by atoms with Gasteiger partial charge < -0.3 is 42.2 Å². The van der Waals surface area contributed by atoms with E-state index >= 15 is 4.39 Å². The van der Waals surface area contributed by atoms with Gasteiger partial charge in [-0.2, -0.15) is 0 Å². The lowest BCUT2D eigenvalue weighted by Gasteiger charge is -2.35. The van der Waals surface area contributed by atoms with Crippen LogP contribution in [0.15, 0.2) is 60.1 Å². The first kappa shape index (κ1) is 54.4. The number of halogens is 2. The number of aliphatic hydroxyl groups is 1. The molecule has 71 heavy (non-hydrogen) atoms. The van der Waals surface area contributed by atoms with Crippen LogP contribution in [0.2, 0.25) is 0 Å². The van der Waals surface area contributed by atoms with Crippen molar-refractivity contribution < 1.29 is 43.0 Å². The molecular formula is C52H66ClFN8O8S. The van der Waals surface area contributed by atoms with E-state index in [1.165, 1.54) is 15.9 Å². The monoisotopic (exact) mass is 1020 g/mol. The van der Waals surface area contributed by atoms with E-state index in [-0.39, 0.29) is 82.2 Å². The summed E-state index contributed by atoms with van der Waals surface area (Å²) in [4.78, 5) is 89.0. The number of benzene rings is 3. The molecule has 4 aromatic rings. The van der Waals surface area contributed by atoms with E-state index in [1.54, 1.807) is 50.6 Å². The molecule has 16 nitrogen and oxygen atoms in total. The summed E-state index contributed by atoms with van der Waals surface area (Å²) < 4.78 is 22.1. The van der Waals surface area contributed by atoms with Crippen molar-refractivity contribution in [3.05, 3.63) is 99.4 Å². The zero-order chi connectivity index (χ0) is 50.6. The molecule has 382 valence electrons. The first-order valence-electron chi connectivity index (χ1n) is 24.0. The van der Waals surface area contributed by atoms with Gasteiger partial charge in [0.25, 0.3) is 0 Å². The molecule has 0 aliphatic carbocycles. The van der Waals surface area contributed by atoms with Crippen LogP contribution in [0, 0.1) is 25.1 Å². The van der Waals surface area contributed by atoms with Crippen molar-refractivity contribution in [3.8, 4) is 16.2 Å². The van der Waals surface area contributed by atoms with E-state index in [2.05, 4.69) is 20.9 Å². The zero-order valence-corrected chi connectivity index (χ0v) is 42.7. The van der Waals surface area contributed by atoms with Crippen LogP contribution in [0.4, 0.5) is 10.1 Å². The number of likely N-dealkylation sites (tertiary alicyclic amines) is 1. The lowest BCUT2D eigenvalue weighted by molar-refractivity contribution is -0.144. The van der Waals surface area contributed by atoms with Gasteiger partial charge in [0.1, 0.15) is 24.7 Å². The second-order valence-electron chi connectivity index (χ2n) is 20.0. The fourth-order valence-electron chi connectivity index (χ4n) is 9.65. The van der Waals surface area contributed by atoms with Gasteiger partial charge in [-0.15, -0.1) is 23.7 Å². The maximum atomic E-state index is 16.1. The van der Waals surface area contributed by atoms with Crippen molar-refractivity contribution in [1.82, 2.24) is 25.8 Å². The molecule has 0 radical (unpaired) electrons. The average molecular weight is 1020 g/mol. The maximum Gasteiger partial charge on any atom is 0.246 e. The van der Waals surface area contributed by atoms with Crippen molar-refractivity contribution in [2.75, 3.05) is 18.1 Å². The van der Waals surface area contributed by atoms with E-state index < -0.39 is 83.1 Å². The van der Waals surface area contributed by atoms with Crippen molar-refractivity contribution >= 4 is 64.9 Å². The third-order valence-electron chi connectivity index (χ3n) is 13.4. The van der Waals surface area contributed by atoms with Crippen LogP contribution < -0.4 is 37.1 Å². The fraction of sp³-hybridized carbons (Fsp3) is 0.481. The van der Waals surface area contributed by atoms with E-state index in [9.17, 15) is 33.9 Å². The Balaban J connectivity index is 0.00000825. The van der Waals surface area contributed by atoms with Gasteiger partial charge in [-0.05, 0) is 97.7 Å². The number of β-amino-alcohol motifs (C(OH)–C–C–N with tert-alkyl or cyclic N) is 1. The number of ether oxygens (including phenoxy) is 1. The number of nitrogens with two attached hydrogens (primary N) is 2. The Morgan fingerprint density at radius 2 is 1.69 bits per heavy atom. The molecule has 0 bridgehead atoms. The number of nitrogens with one attached hydrogen (secondary N) is 3. The Hall–Kier alpha value is -5.95. The standard InChI is InChI=1S/C52H65FN8O8S.ClH/c1-28-21-34(44(53)41(22-28)69-26-36(18-20-42(55)63)58-49(66)40-23-35-11-7-9-32-17-19-38(54)50(67)61(40)45(32)35)10-8-12-43(64)59-47(52(4,5)6)51(68)60-25-37(62)24-39(60)48(65)57-29(2)31-13-15-33(16-14-31)46-30(3)56-27-70-46;/h7,9,11,13-16,21-22,27,29,36-40,47,62H,8,10,12,17-20,23-26,54H2,1-6H3,(H2,55,63)(H,57,65)(H,58,66)(H,59,64);1H/t29-,36-,37+,38-,39-,40-,47+;/m0./s1. The summed E-state index contributed by atoms with van der Waals surface area (Å²) in [5.41, 5.74) is 19.0. The predicted molar refractivity (Wildman–Crippen MR) is 271 cm³/mol. The number of para-hydroxylation sites is 1. The molecule has 3 aliphatic rings. The van der Waals surface area contributed by atoms with Crippen LogP contribution in [0.25, 0.3) is 10.4 Å². The van der Waals surface area contributed by atoms with Crippen molar-refractivity contribution in [1.29, 1.82) is 0 Å². The summed E-state index contributed by atoms with van der Waals surface area (Å²) >= 11 is 1.55. The van der Waals surface area contributed by atoms with Gasteiger partial charge >= 0.3 is 0 Å². The molecule has 0 unspecified atom stereocenters. The van der Waals surface area contributed by atoms with E-state index in [1.807, 2.05) is 56.3 Å². The quantitative estimate of drug-likeness (QED) is 0.0776. The molecule has 1 aromatic heterocycles. The number of rotatable bonds is 18. The molecule has 6 amide bonds. The molecule has 7 atom stereocenters. The number of amides is 6. The van der Waals surface area contributed by atoms with E-state index in [4.69, 9.17) is 16.2 Å². The van der Waals surface area contributed by atoms with Gasteiger partial charge in [0.2, 0.25) is 35.4 Å². The van der Waals surface area contributed by atoms with Gasteiger partial charge in [0.15, 0.2) is 11.6 Å². The summed E-state index contributed by atoms with van der Waals surface area (Å²) in [5.74, 6) is -3.47.